The monoisotopic (exact) mass is 228 g/mol. The van der Waals surface area contributed by atoms with Crippen molar-refractivity contribution < 1.29 is 4.79 Å². The van der Waals surface area contributed by atoms with Gasteiger partial charge in [-0.15, -0.1) is 0 Å². The highest BCUT2D eigenvalue weighted by Crippen LogP contribution is 1.95. The Hall–Kier alpha value is -0.570. The van der Waals surface area contributed by atoms with Crippen LogP contribution in [0.1, 0.15) is 52.9 Å². The average molecular weight is 228 g/mol. The summed E-state index contributed by atoms with van der Waals surface area (Å²) in [5.41, 5.74) is 0. The second-order valence-electron chi connectivity index (χ2n) is 4.26. The van der Waals surface area contributed by atoms with Gasteiger partial charge in [0.2, 0.25) is 5.91 Å². The Morgan fingerprint density at radius 1 is 1.00 bits per heavy atom. The molecule has 0 rings (SSSR count). The van der Waals surface area contributed by atoms with E-state index in [4.69, 9.17) is 0 Å². The first kappa shape index (κ1) is 15.4. The van der Waals surface area contributed by atoms with Crippen molar-refractivity contribution in [3.05, 3.63) is 0 Å². The van der Waals surface area contributed by atoms with Crippen molar-refractivity contribution in [2.24, 2.45) is 0 Å². The Kier molecular flexibility index (Phi) is 10.5. The number of carbonyl (C=O) groups excluding carboxylic acids is 1. The van der Waals surface area contributed by atoms with E-state index in [1.54, 1.807) is 0 Å². The minimum absolute atomic E-state index is 0.250. The number of nitrogens with zero attached hydrogens (tertiary/aromatic N) is 1. The quantitative estimate of drug-likeness (QED) is 0.582. The number of unbranched alkanes of at least 4 members (excludes halogenated alkanes) is 2. The SMILES string of the molecule is CCCCCNCC(=O)N(CCC)CCC. The van der Waals surface area contributed by atoms with Crippen LogP contribution in [0.25, 0.3) is 0 Å². The molecule has 0 aromatic heterocycles. The normalized spacial score (nSPS) is 10.4. The van der Waals surface area contributed by atoms with Crippen LogP contribution in [0.4, 0.5) is 0 Å². The van der Waals surface area contributed by atoms with Crippen LogP contribution >= 0.6 is 0 Å². The van der Waals surface area contributed by atoms with E-state index in [1.807, 2.05) is 4.90 Å². The van der Waals surface area contributed by atoms with Crippen molar-refractivity contribution in [3.63, 3.8) is 0 Å². The van der Waals surface area contributed by atoms with E-state index < -0.39 is 0 Å². The lowest BCUT2D eigenvalue weighted by Gasteiger charge is -2.21. The Labute approximate surface area is 101 Å². The molecule has 3 nitrogen and oxygen atoms in total. The maximum atomic E-state index is 11.8. The molecule has 0 aromatic carbocycles. The standard InChI is InChI=1S/C13H28N2O/c1-4-7-8-9-14-12-13(16)15(10-5-2)11-6-3/h14H,4-12H2,1-3H3. The van der Waals surface area contributed by atoms with Gasteiger partial charge >= 0.3 is 0 Å². The van der Waals surface area contributed by atoms with Crippen LogP contribution < -0.4 is 5.32 Å². The van der Waals surface area contributed by atoms with Gasteiger partial charge in [-0.25, -0.2) is 0 Å². The van der Waals surface area contributed by atoms with E-state index in [9.17, 15) is 4.79 Å². The van der Waals surface area contributed by atoms with Gasteiger partial charge in [0.25, 0.3) is 0 Å². The van der Waals surface area contributed by atoms with Crippen molar-refractivity contribution in [1.29, 1.82) is 0 Å². The summed E-state index contributed by atoms with van der Waals surface area (Å²) in [6.45, 7) is 9.67. The van der Waals surface area contributed by atoms with Crippen LogP contribution in [-0.2, 0) is 4.79 Å². The first-order valence-corrected chi connectivity index (χ1v) is 6.74. The fraction of sp³-hybridized carbons (Fsp3) is 0.923. The van der Waals surface area contributed by atoms with Gasteiger partial charge in [0, 0.05) is 13.1 Å². The summed E-state index contributed by atoms with van der Waals surface area (Å²) < 4.78 is 0. The van der Waals surface area contributed by atoms with Gasteiger partial charge in [-0.2, -0.15) is 0 Å². The zero-order chi connectivity index (χ0) is 12.2. The topological polar surface area (TPSA) is 32.3 Å². The fourth-order valence-corrected chi connectivity index (χ4v) is 1.71. The van der Waals surface area contributed by atoms with Gasteiger partial charge in [-0.1, -0.05) is 33.6 Å². The lowest BCUT2D eigenvalue weighted by molar-refractivity contribution is -0.130. The first-order valence-electron chi connectivity index (χ1n) is 6.74. The summed E-state index contributed by atoms with van der Waals surface area (Å²) in [4.78, 5) is 13.8. The van der Waals surface area contributed by atoms with E-state index in [2.05, 4.69) is 26.1 Å². The molecule has 0 spiro atoms. The Morgan fingerprint density at radius 3 is 2.12 bits per heavy atom. The highest BCUT2D eigenvalue weighted by Gasteiger charge is 2.10. The number of nitrogens with one attached hydrogen (secondary N) is 1. The second kappa shape index (κ2) is 10.9. The molecule has 1 amide bonds. The maximum absolute atomic E-state index is 11.8. The van der Waals surface area contributed by atoms with E-state index in [0.29, 0.717) is 6.54 Å². The molecule has 0 aliphatic carbocycles. The van der Waals surface area contributed by atoms with Crippen LogP contribution in [0.2, 0.25) is 0 Å². The molecule has 0 saturated heterocycles. The van der Waals surface area contributed by atoms with Crippen molar-refractivity contribution in [2.75, 3.05) is 26.2 Å². The third-order valence-electron chi connectivity index (χ3n) is 2.57. The lowest BCUT2D eigenvalue weighted by atomic mass is 10.2. The molecule has 0 atom stereocenters. The zero-order valence-electron chi connectivity index (χ0n) is 11.2. The number of carbonyl (C=O) groups is 1. The third-order valence-corrected chi connectivity index (χ3v) is 2.57. The molecular formula is C13H28N2O. The van der Waals surface area contributed by atoms with Crippen molar-refractivity contribution in [2.45, 2.75) is 52.9 Å². The van der Waals surface area contributed by atoms with E-state index in [0.717, 1.165) is 32.5 Å². The molecule has 0 unspecified atom stereocenters. The summed E-state index contributed by atoms with van der Waals surface area (Å²) >= 11 is 0. The van der Waals surface area contributed by atoms with E-state index in [1.165, 1.54) is 19.3 Å². The molecule has 0 aliphatic heterocycles. The molecule has 0 aliphatic rings. The first-order chi connectivity index (χ1) is 7.76. The van der Waals surface area contributed by atoms with Crippen molar-refractivity contribution in [3.8, 4) is 0 Å². The molecule has 3 heteroatoms. The molecular weight excluding hydrogens is 200 g/mol. The predicted molar refractivity (Wildman–Crippen MR) is 69.6 cm³/mol. The van der Waals surface area contributed by atoms with Gasteiger partial charge < -0.3 is 10.2 Å². The zero-order valence-corrected chi connectivity index (χ0v) is 11.2. The summed E-state index contributed by atoms with van der Waals surface area (Å²) in [6, 6.07) is 0. The second-order valence-corrected chi connectivity index (χ2v) is 4.26. The summed E-state index contributed by atoms with van der Waals surface area (Å²) in [6.07, 6.45) is 5.73. The van der Waals surface area contributed by atoms with Gasteiger partial charge in [0.1, 0.15) is 0 Å². The molecule has 96 valence electrons. The van der Waals surface area contributed by atoms with Gasteiger partial charge in [0.15, 0.2) is 0 Å². The third kappa shape index (κ3) is 7.69. The number of rotatable bonds is 10. The van der Waals surface area contributed by atoms with Crippen LogP contribution in [0.3, 0.4) is 0 Å². The predicted octanol–water partition coefficient (Wildman–Crippen LogP) is 2.41. The fourth-order valence-electron chi connectivity index (χ4n) is 1.71. The summed E-state index contributed by atoms with van der Waals surface area (Å²) in [5.74, 6) is 0.250. The molecule has 0 fully saturated rings. The Balaban J connectivity index is 3.65. The lowest BCUT2D eigenvalue weighted by Crippen LogP contribution is -2.39. The molecule has 0 heterocycles. The number of amides is 1. The molecule has 16 heavy (non-hydrogen) atoms. The average Bonchev–Trinajstić information content (AvgIpc) is 2.28. The number of hydrogen-bond donors (Lipinski definition) is 1. The minimum atomic E-state index is 0.250. The Morgan fingerprint density at radius 2 is 1.62 bits per heavy atom. The van der Waals surface area contributed by atoms with E-state index >= 15 is 0 Å². The highest BCUT2D eigenvalue weighted by atomic mass is 16.2. The largest absolute Gasteiger partial charge is 0.342 e. The molecule has 0 bridgehead atoms. The van der Waals surface area contributed by atoms with Crippen LogP contribution in [0.5, 0.6) is 0 Å². The van der Waals surface area contributed by atoms with E-state index in [-0.39, 0.29) is 5.91 Å². The Bertz CT molecular complexity index is 165. The number of hydrogen-bond acceptors (Lipinski definition) is 2. The smallest absolute Gasteiger partial charge is 0.236 e. The summed E-state index contributed by atoms with van der Waals surface area (Å²) in [5, 5.41) is 3.23. The minimum Gasteiger partial charge on any atom is -0.342 e. The van der Waals surface area contributed by atoms with Gasteiger partial charge in [0.05, 0.1) is 6.54 Å². The molecule has 0 aromatic rings. The van der Waals surface area contributed by atoms with Crippen molar-refractivity contribution in [1.82, 2.24) is 10.2 Å². The molecule has 0 saturated carbocycles. The van der Waals surface area contributed by atoms with Crippen LogP contribution in [0.15, 0.2) is 0 Å². The van der Waals surface area contributed by atoms with Crippen molar-refractivity contribution >= 4 is 5.91 Å². The van der Waals surface area contributed by atoms with Gasteiger partial charge in [-0.05, 0) is 25.8 Å². The summed E-state index contributed by atoms with van der Waals surface area (Å²) in [7, 11) is 0. The van der Waals surface area contributed by atoms with Crippen LogP contribution in [0, 0.1) is 0 Å². The highest BCUT2D eigenvalue weighted by molar-refractivity contribution is 5.78. The molecule has 1 N–H and O–H groups in total. The van der Waals surface area contributed by atoms with Crippen LogP contribution in [-0.4, -0.2) is 37.0 Å². The maximum Gasteiger partial charge on any atom is 0.236 e. The van der Waals surface area contributed by atoms with Gasteiger partial charge in [-0.3, -0.25) is 4.79 Å². The molecule has 0 radical (unpaired) electrons.